The zero-order valence-electron chi connectivity index (χ0n) is 7.94. The summed E-state index contributed by atoms with van der Waals surface area (Å²) in [5, 5.41) is 0. The summed E-state index contributed by atoms with van der Waals surface area (Å²) in [6.07, 6.45) is 3.46. The highest BCUT2D eigenvalue weighted by molar-refractivity contribution is 5.74. The molecule has 0 atom stereocenters. The second-order valence-corrected chi connectivity index (χ2v) is 3.64. The zero-order chi connectivity index (χ0) is 8.72. The molecule has 0 N–H and O–H groups in total. The Morgan fingerprint density at radius 3 is 2.33 bits per heavy atom. The van der Waals surface area contributed by atoms with E-state index in [2.05, 4.69) is 39.0 Å². The van der Waals surface area contributed by atoms with Gasteiger partial charge >= 0.3 is 0 Å². The lowest BCUT2D eigenvalue weighted by Gasteiger charge is -2.08. The van der Waals surface area contributed by atoms with Crippen LogP contribution in [-0.4, -0.2) is 0 Å². The standard InChI is InChI=1S/C12H14/c1-8-4-5-9(2)12-10(3)6-7-11(8)12/h4-6H,7H2,1-3H3. The Bertz CT molecular complexity index is 357. The average Bonchev–Trinajstić information content (AvgIpc) is 2.42. The molecule has 0 heterocycles. The molecule has 0 saturated heterocycles. The molecule has 0 amide bonds. The van der Waals surface area contributed by atoms with E-state index >= 15 is 0 Å². The Kier molecular flexibility index (Phi) is 1.57. The first-order chi connectivity index (χ1) is 5.70. The fraction of sp³-hybridized carbons (Fsp3) is 0.333. The van der Waals surface area contributed by atoms with Gasteiger partial charge in [-0.1, -0.05) is 18.2 Å². The highest BCUT2D eigenvalue weighted by atomic mass is 14.2. The van der Waals surface area contributed by atoms with E-state index < -0.39 is 0 Å². The van der Waals surface area contributed by atoms with E-state index in [4.69, 9.17) is 0 Å². The lowest BCUT2D eigenvalue weighted by Crippen LogP contribution is -1.91. The number of rotatable bonds is 0. The van der Waals surface area contributed by atoms with E-state index in [0.29, 0.717) is 0 Å². The van der Waals surface area contributed by atoms with Gasteiger partial charge in [0.05, 0.1) is 0 Å². The van der Waals surface area contributed by atoms with Crippen molar-refractivity contribution in [1.29, 1.82) is 0 Å². The molecule has 0 aromatic heterocycles. The van der Waals surface area contributed by atoms with Crippen molar-refractivity contribution >= 4 is 5.57 Å². The number of benzene rings is 1. The largest absolute Gasteiger partial charge is 0.0765 e. The Balaban J connectivity index is 2.71. The van der Waals surface area contributed by atoms with Crippen molar-refractivity contribution in [1.82, 2.24) is 0 Å². The third-order valence-corrected chi connectivity index (χ3v) is 2.76. The maximum Gasteiger partial charge on any atom is -0.00827 e. The maximum atomic E-state index is 2.32. The minimum atomic E-state index is 1.13. The molecule has 2 rings (SSSR count). The van der Waals surface area contributed by atoms with Crippen LogP contribution in [-0.2, 0) is 6.42 Å². The van der Waals surface area contributed by atoms with Crippen molar-refractivity contribution in [2.24, 2.45) is 0 Å². The number of hydrogen-bond donors (Lipinski definition) is 0. The smallest absolute Gasteiger partial charge is 0.00827 e. The molecule has 12 heavy (non-hydrogen) atoms. The topological polar surface area (TPSA) is 0 Å². The summed E-state index contributed by atoms with van der Waals surface area (Å²) < 4.78 is 0. The molecule has 0 radical (unpaired) electrons. The Labute approximate surface area is 73.9 Å². The van der Waals surface area contributed by atoms with Gasteiger partial charge in [0.1, 0.15) is 0 Å². The van der Waals surface area contributed by atoms with Gasteiger partial charge in [-0.15, -0.1) is 0 Å². The van der Waals surface area contributed by atoms with Crippen LogP contribution in [0, 0.1) is 13.8 Å². The third kappa shape index (κ3) is 0.911. The van der Waals surface area contributed by atoms with Gasteiger partial charge in [0, 0.05) is 0 Å². The van der Waals surface area contributed by atoms with E-state index in [1.54, 1.807) is 0 Å². The van der Waals surface area contributed by atoms with Gasteiger partial charge in [-0.25, -0.2) is 0 Å². The van der Waals surface area contributed by atoms with Gasteiger partial charge in [-0.3, -0.25) is 0 Å². The van der Waals surface area contributed by atoms with E-state index in [1.807, 2.05) is 0 Å². The van der Waals surface area contributed by atoms with Crippen molar-refractivity contribution in [2.45, 2.75) is 27.2 Å². The SMILES string of the molecule is CC1=CCc2c(C)ccc(C)c21. The fourth-order valence-electron chi connectivity index (χ4n) is 2.04. The van der Waals surface area contributed by atoms with E-state index in [1.165, 1.54) is 27.8 Å². The summed E-state index contributed by atoms with van der Waals surface area (Å²) in [6.45, 7) is 6.60. The van der Waals surface area contributed by atoms with E-state index in [-0.39, 0.29) is 0 Å². The van der Waals surface area contributed by atoms with Crippen LogP contribution in [0.25, 0.3) is 5.57 Å². The Morgan fingerprint density at radius 1 is 1.00 bits per heavy atom. The van der Waals surface area contributed by atoms with Crippen molar-refractivity contribution in [3.63, 3.8) is 0 Å². The monoisotopic (exact) mass is 158 g/mol. The molecule has 0 aliphatic heterocycles. The number of hydrogen-bond acceptors (Lipinski definition) is 0. The molecule has 0 nitrogen and oxygen atoms in total. The number of allylic oxidation sites excluding steroid dienone is 2. The normalized spacial score (nSPS) is 14.4. The van der Waals surface area contributed by atoms with Crippen LogP contribution in [0.2, 0.25) is 0 Å². The predicted molar refractivity (Wildman–Crippen MR) is 53.3 cm³/mol. The van der Waals surface area contributed by atoms with Crippen molar-refractivity contribution in [2.75, 3.05) is 0 Å². The van der Waals surface area contributed by atoms with Crippen molar-refractivity contribution in [3.05, 3.63) is 40.5 Å². The van der Waals surface area contributed by atoms with Gasteiger partial charge in [0.2, 0.25) is 0 Å². The van der Waals surface area contributed by atoms with Gasteiger partial charge in [0.15, 0.2) is 0 Å². The molecule has 62 valence electrons. The highest BCUT2D eigenvalue weighted by Crippen LogP contribution is 2.31. The molecular formula is C12H14. The van der Waals surface area contributed by atoms with Crippen LogP contribution in [0.5, 0.6) is 0 Å². The van der Waals surface area contributed by atoms with Crippen LogP contribution in [0.1, 0.15) is 29.2 Å². The lowest BCUT2D eigenvalue weighted by atomic mass is 9.97. The van der Waals surface area contributed by atoms with Crippen LogP contribution in [0.4, 0.5) is 0 Å². The summed E-state index contributed by atoms with van der Waals surface area (Å²) in [7, 11) is 0. The fourth-order valence-corrected chi connectivity index (χ4v) is 2.04. The van der Waals surface area contributed by atoms with Crippen LogP contribution in [0.15, 0.2) is 18.2 Å². The second-order valence-electron chi connectivity index (χ2n) is 3.64. The van der Waals surface area contributed by atoms with Crippen molar-refractivity contribution in [3.8, 4) is 0 Å². The highest BCUT2D eigenvalue weighted by Gasteiger charge is 2.14. The van der Waals surface area contributed by atoms with Gasteiger partial charge in [-0.05, 0) is 55.0 Å². The molecule has 0 fully saturated rings. The third-order valence-electron chi connectivity index (χ3n) is 2.76. The molecule has 0 heteroatoms. The second kappa shape index (κ2) is 2.48. The summed E-state index contributed by atoms with van der Waals surface area (Å²) in [6, 6.07) is 4.44. The molecule has 0 saturated carbocycles. The summed E-state index contributed by atoms with van der Waals surface area (Å²) in [5.74, 6) is 0. The predicted octanol–water partition coefficient (Wildman–Crippen LogP) is 3.26. The van der Waals surface area contributed by atoms with Gasteiger partial charge in [0.25, 0.3) is 0 Å². The van der Waals surface area contributed by atoms with Crippen molar-refractivity contribution < 1.29 is 0 Å². The summed E-state index contributed by atoms with van der Waals surface area (Å²) >= 11 is 0. The maximum absolute atomic E-state index is 2.32. The number of aryl methyl sites for hydroxylation is 2. The summed E-state index contributed by atoms with van der Waals surface area (Å²) in [4.78, 5) is 0. The number of fused-ring (bicyclic) bond motifs is 1. The minimum absolute atomic E-state index is 1.13. The Hall–Kier alpha value is -1.04. The van der Waals surface area contributed by atoms with Crippen LogP contribution in [0.3, 0.4) is 0 Å². The lowest BCUT2D eigenvalue weighted by molar-refractivity contribution is 1.22. The minimum Gasteiger partial charge on any atom is -0.0765 e. The van der Waals surface area contributed by atoms with E-state index in [9.17, 15) is 0 Å². The molecule has 1 aromatic carbocycles. The first-order valence-corrected chi connectivity index (χ1v) is 4.46. The van der Waals surface area contributed by atoms with E-state index in [0.717, 1.165) is 6.42 Å². The molecule has 1 aliphatic rings. The molecule has 1 aliphatic carbocycles. The first kappa shape index (κ1) is 7.60. The Morgan fingerprint density at radius 2 is 1.67 bits per heavy atom. The zero-order valence-corrected chi connectivity index (χ0v) is 7.94. The molecule has 0 spiro atoms. The molecule has 1 aromatic rings. The van der Waals surface area contributed by atoms with Crippen LogP contribution < -0.4 is 0 Å². The average molecular weight is 158 g/mol. The van der Waals surface area contributed by atoms with Gasteiger partial charge in [-0.2, -0.15) is 0 Å². The van der Waals surface area contributed by atoms with Crippen LogP contribution >= 0.6 is 0 Å². The quantitative estimate of drug-likeness (QED) is 0.543. The first-order valence-electron chi connectivity index (χ1n) is 4.46. The molecule has 0 bridgehead atoms. The molecular weight excluding hydrogens is 144 g/mol. The molecule has 0 unspecified atom stereocenters. The van der Waals surface area contributed by atoms with Gasteiger partial charge < -0.3 is 0 Å². The summed E-state index contributed by atoms with van der Waals surface area (Å²) in [5.41, 5.74) is 7.33.